The Morgan fingerprint density at radius 1 is 1.07 bits per heavy atom. The van der Waals surface area contributed by atoms with Gasteiger partial charge in [-0.3, -0.25) is 9.67 Å². The maximum Gasteiger partial charge on any atom is 0.110 e. The third kappa shape index (κ3) is 4.69. The number of aromatic nitrogens is 6. The first-order valence-corrected chi connectivity index (χ1v) is 13.4. The second kappa shape index (κ2) is 9.65. The molecule has 2 N–H and O–H groups in total. The third-order valence-corrected chi connectivity index (χ3v) is 7.20. The van der Waals surface area contributed by atoms with Crippen molar-refractivity contribution in [2.24, 2.45) is 12.5 Å². The molecule has 1 saturated carbocycles. The van der Waals surface area contributed by atoms with Crippen molar-refractivity contribution in [2.75, 3.05) is 17.2 Å². The van der Waals surface area contributed by atoms with Crippen LogP contribution >= 0.6 is 0 Å². The molecule has 1 aliphatic carbocycles. The summed E-state index contributed by atoms with van der Waals surface area (Å²) in [6.45, 7) is 7.03. The fourth-order valence-corrected chi connectivity index (χ4v) is 4.97. The summed E-state index contributed by atoms with van der Waals surface area (Å²) >= 11 is 0. The van der Waals surface area contributed by atoms with Crippen molar-refractivity contribution in [1.29, 1.82) is 10.5 Å². The number of pyridine rings is 1. The largest absolute Gasteiger partial charge is 0.383 e. The molecule has 200 valence electrons. The second-order valence-corrected chi connectivity index (χ2v) is 11.6. The predicted molar refractivity (Wildman–Crippen MR) is 154 cm³/mol. The number of fused-ring (bicyclic) bond motifs is 2. The molecular weight excluding hydrogens is 500 g/mol. The Bertz CT molecular complexity index is 1820. The first-order chi connectivity index (χ1) is 19.3. The molecule has 0 aliphatic heterocycles. The fourth-order valence-electron chi connectivity index (χ4n) is 4.97. The number of hydrogen-bond donors (Lipinski definition) is 2. The van der Waals surface area contributed by atoms with E-state index in [-0.39, 0.29) is 11.5 Å². The lowest BCUT2D eigenvalue weighted by Gasteiger charge is -2.22. The molecule has 40 heavy (non-hydrogen) atoms. The molecule has 3 aromatic heterocycles. The SMILES string of the molecule is Cn1ncc2c([C@H](Nc3cc(C#N)c4ncc(C#N)c(NCC(C)(C)C)c4c3)c3cn(C4CC4)nn3)cccc21. The van der Waals surface area contributed by atoms with Crippen LogP contribution in [0.25, 0.3) is 21.8 Å². The average molecular weight is 531 g/mol. The van der Waals surface area contributed by atoms with Crippen molar-refractivity contribution in [3.8, 4) is 12.1 Å². The second-order valence-electron chi connectivity index (χ2n) is 11.6. The van der Waals surface area contributed by atoms with Crippen LogP contribution in [0.15, 0.2) is 48.9 Å². The van der Waals surface area contributed by atoms with Crippen molar-refractivity contribution in [3.05, 3.63) is 71.3 Å². The van der Waals surface area contributed by atoms with Crippen molar-refractivity contribution in [2.45, 2.75) is 45.7 Å². The molecule has 10 heteroatoms. The molecule has 0 spiro atoms. The van der Waals surface area contributed by atoms with E-state index < -0.39 is 0 Å². The summed E-state index contributed by atoms with van der Waals surface area (Å²) in [5.41, 5.74) is 5.56. The van der Waals surface area contributed by atoms with Crippen LogP contribution in [-0.4, -0.2) is 36.3 Å². The molecule has 1 aliphatic rings. The molecule has 3 heterocycles. The van der Waals surface area contributed by atoms with Gasteiger partial charge in [0.2, 0.25) is 0 Å². The predicted octanol–water partition coefficient (Wildman–Crippen LogP) is 5.45. The van der Waals surface area contributed by atoms with Crippen LogP contribution in [0.3, 0.4) is 0 Å². The van der Waals surface area contributed by atoms with E-state index >= 15 is 0 Å². The maximum atomic E-state index is 10.1. The van der Waals surface area contributed by atoms with Crippen LogP contribution in [0.1, 0.15) is 68.1 Å². The fraction of sp³-hybridized carbons (Fsp3) is 0.333. The van der Waals surface area contributed by atoms with E-state index in [0.717, 1.165) is 35.0 Å². The lowest BCUT2D eigenvalue weighted by Crippen LogP contribution is -2.20. The molecule has 1 fully saturated rings. The molecule has 0 bridgehead atoms. The number of benzene rings is 2. The Morgan fingerprint density at radius 3 is 2.60 bits per heavy atom. The zero-order valence-electron chi connectivity index (χ0n) is 23.0. The standard InChI is InChI=1S/C30H30N10/c1-30(2,3)17-34-28-19(13-32)14-33-27-18(12-31)10-20(11-23(27)28)36-29(25-16-40(38-37-25)21-8-9-21)22-6-5-7-26-24(22)15-35-39(26)4/h5-7,10-11,14-16,21,29,36H,8-9,17H2,1-4H3,(H,33,34)/t29-/m0/s1. The highest BCUT2D eigenvalue weighted by Crippen LogP contribution is 2.37. The Hall–Kier alpha value is -4.96. The number of anilines is 2. The van der Waals surface area contributed by atoms with E-state index in [9.17, 15) is 10.5 Å². The Morgan fingerprint density at radius 2 is 1.88 bits per heavy atom. The van der Waals surface area contributed by atoms with Gasteiger partial charge in [0, 0.05) is 36.2 Å². The third-order valence-electron chi connectivity index (χ3n) is 7.20. The van der Waals surface area contributed by atoms with Crippen LogP contribution in [0.5, 0.6) is 0 Å². The highest BCUT2D eigenvalue weighted by molar-refractivity contribution is 5.99. The molecule has 0 radical (unpaired) electrons. The summed E-state index contributed by atoms with van der Waals surface area (Å²) in [5.74, 6) is 0. The van der Waals surface area contributed by atoms with Gasteiger partial charge in [-0.1, -0.05) is 38.1 Å². The van der Waals surface area contributed by atoms with Crippen molar-refractivity contribution >= 4 is 33.2 Å². The summed E-state index contributed by atoms with van der Waals surface area (Å²) < 4.78 is 3.79. The van der Waals surface area contributed by atoms with Crippen LogP contribution < -0.4 is 10.6 Å². The van der Waals surface area contributed by atoms with Gasteiger partial charge in [-0.15, -0.1) is 5.10 Å². The number of aryl methyl sites for hydroxylation is 1. The van der Waals surface area contributed by atoms with Crippen LogP contribution in [0, 0.1) is 28.1 Å². The molecular formula is C30H30N10. The van der Waals surface area contributed by atoms with Gasteiger partial charge in [-0.25, -0.2) is 4.68 Å². The summed E-state index contributed by atoms with van der Waals surface area (Å²) in [5, 5.41) is 42.2. The van der Waals surface area contributed by atoms with Crippen molar-refractivity contribution in [1.82, 2.24) is 29.8 Å². The highest BCUT2D eigenvalue weighted by atomic mass is 15.4. The van der Waals surface area contributed by atoms with Crippen LogP contribution in [0.2, 0.25) is 0 Å². The molecule has 6 rings (SSSR count). The lowest BCUT2D eigenvalue weighted by molar-refractivity contribution is 0.443. The van der Waals surface area contributed by atoms with Gasteiger partial charge in [0.15, 0.2) is 0 Å². The number of hydrogen-bond acceptors (Lipinski definition) is 8. The minimum Gasteiger partial charge on any atom is -0.383 e. The van der Waals surface area contributed by atoms with E-state index in [2.05, 4.69) is 70.0 Å². The smallest absolute Gasteiger partial charge is 0.110 e. The van der Waals surface area contributed by atoms with E-state index in [1.807, 2.05) is 47.0 Å². The molecule has 10 nitrogen and oxygen atoms in total. The normalized spacial score (nSPS) is 14.2. The zero-order valence-corrected chi connectivity index (χ0v) is 23.0. The topological polar surface area (TPSA) is 133 Å². The van der Waals surface area contributed by atoms with Crippen LogP contribution in [-0.2, 0) is 7.05 Å². The van der Waals surface area contributed by atoms with Gasteiger partial charge in [0.25, 0.3) is 0 Å². The molecule has 2 aromatic carbocycles. The quantitative estimate of drug-likeness (QED) is 0.284. The molecule has 5 aromatic rings. The number of nitriles is 2. The summed E-state index contributed by atoms with van der Waals surface area (Å²) in [6.07, 6.45) is 7.61. The van der Waals surface area contributed by atoms with Gasteiger partial charge < -0.3 is 10.6 Å². The maximum absolute atomic E-state index is 10.1. The van der Waals surface area contributed by atoms with E-state index in [4.69, 9.17) is 0 Å². The minimum absolute atomic E-state index is 0.0167. The number of nitrogens with one attached hydrogen (secondary N) is 2. The molecule has 1 atom stereocenters. The van der Waals surface area contributed by atoms with E-state index in [1.54, 1.807) is 6.07 Å². The van der Waals surface area contributed by atoms with Gasteiger partial charge in [0.05, 0.1) is 52.3 Å². The van der Waals surface area contributed by atoms with Crippen molar-refractivity contribution < 1.29 is 0 Å². The summed E-state index contributed by atoms with van der Waals surface area (Å²) in [6, 6.07) is 14.5. The molecule has 0 amide bonds. The highest BCUT2D eigenvalue weighted by Gasteiger charge is 2.28. The van der Waals surface area contributed by atoms with E-state index in [0.29, 0.717) is 46.0 Å². The van der Waals surface area contributed by atoms with Gasteiger partial charge in [-0.2, -0.15) is 15.6 Å². The molecule has 0 unspecified atom stereocenters. The van der Waals surface area contributed by atoms with Gasteiger partial charge in [0.1, 0.15) is 17.8 Å². The minimum atomic E-state index is -0.359. The van der Waals surface area contributed by atoms with Gasteiger partial charge >= 0.3 is 0 Å². The first kappa shape index (κ1) is 25.3. The van der Waals surface area contributed by atoms with Crippen LogP contribution in [0.4, 0.5) is 11.4 Å². The average Bonchev–Trinajstić information content (AvgIpc) is 3.55. The van der Waals surface area contributed by atoms with E-state index in [1.165, 1.54) is 6.20 Å². The Kier molecular flexibility index (Phi) is 6.11. The zero-order chi connectivity index (χ0) is 28.0. The summed E-state index contributed by atoms with van der Waals surface area (Å²) in [7, 11) is 1.92. The Labute approximate surface area is 232 Å². The number of rotatable bonds is 7. The monoisotopic (exact) mass is 530 g/mol. The first-order valence-electron chi connectivity index (χ1n) is 13.4. The van der Waals surface area contributed by atoms with Gasteiger partial charge in [-0.05, 0) is 42.0 Å². The lowest BCUT2D eigenvalue weighted by atomic mass is 9.96. The van der Waals surface area contributed by atoms with Crippen molar-refractivity contribution in [3.63, 3.8) is 0 Å². The molecule has 0 saturated heterocycles. The summed E-state index contributed by atoms with van der Waals surface area (Å²) in [4.78, 5) is 4.49. The number of nitrogens with zero attached hydrogens (tertiary/aromatic N) is 8. The Balaban J connectivity index is 1.50.